The molecule has 0 amide bonds. The summed E-state index contributed by atoms with van der Waals surface area (Å²) in [4.78, 5) is 12.5. The number of nitriles is 1. The number of carbonyl (C=O) groups excluding carboxylic acids is 1. The van der Waals surface area contributed by atoms with Gasteiger partial charge in [0.05, 0.1) is 12.1 Å². The van der Waals surface area contributed by atoms with Gasteiger partial charge in [0.15, 0.2) is 5.76 Å². The van der Waals surface area contributed by atoms with E-state index >= 15 is 0 Å². The van der Waals surface area contributed by atoms with Gasteiger partial charge in [-0.15, -0.1) is 0 Å². The number of aryl methyl sites for hydroxylation is 2. The summed E-state index contributed by atoms with van der Waals surface area (Å²) < 4.78 is 13.3. The number of rotatable bonds is 7. The van der Waals surface area contributed by atoms with Crippen LogP contribution in [0.5, 0.6) is 0 Å². The lowest BCUT2D eigenvalue weighted by molar-refractivity contribution is -0.163. The second kappa shape index (κ2) is 10.4. The van der Waals surface area contributed by atoms with Crippen LogP contribution in [0.1, 0.15) is 55.8 Å². The summed E-state index contributed by atoms with van der Waals surface area (Å²) in [5, 5.41) is 14.5. The molecule has 0 aliphatic carbocycles. The van der Waals surface area contributed by atoms with Crippen molar-refractivity contribution in [3.05, 3.63) is 88.7 Å². The van der Waals surface area contributed by atoms with Gasteiger partial charge >= 0.3 is 5.97 Å². The number of allylic oxidation sites excluding steroid dienone is 1. The predicted octanol–water partition coefficient (Wildman–Crippen LogP) is 5.57. The van der Waals surface area contributed by atoms with E-state index in [1.54, 1.807) is 18.7 Å². The number of esters is 1. The molecule has 3 aromatic rings. The van der Waals surface area contributed by atoms with Crippen LogP contribution in [0.2, 0.25) is 0 Å². The van der Waals surface area contributed by atoms with Gasteiger partial charge in [-0.2, -0.15) is 10.4 Å². The highest BCUT2D eigenvalue weighted by molar-refractivity contribution is 5.94. The quantitative estimate of drug-likeness (QED) is 0.201. The van der Waals surface area contributed by atoms with Crippen molar-refractivity contribution in [2.24, 2.45) is 7.05 Å². The second-order valence-electron chi connectivity index (χ2n) is 9.28. The minimum Gasteiger partial charge on any atom is -0.451 e. The average Bonchev–Trinajstić information content (AvgIpc) is 3.11. The number of benzene rings is 2. The van der Waals surface area contributed by atoms with Crippen molar-refractivity contribution in [1.29, 1.82) is 5.26 Å². The summed E-state index contributed by atoms with van der Waals surface area (Å²) in [5.41, 5.74) is 4.48. The first-order valence-corrected chi connectivity index (χ1v) is 11.2. The second-order valence-corrected chi connectivity index (χ2v) is 9.28. The third-order valence-electron chi connectivity index (χ3n) is 5.39. The van der Waals surface area contributed by atoms with Gasteiger partial charge in [0, 0.05) is 14.0 Å². The molecule has 0 spiro atoms. The Bertz CT molecular complexity index is 1210. The molecular formula is C28H31N3O3. The minimum atomic E-state index is -0.904. The van der Waals surface area contributed by atoms with E-state index in [1.165, 1.54) is 0 Å². The van der Waals surface area contributed by atoms with Gasteiger partial charge in [-0.25, -0.2) is 0 Å². The Morgan fingerprint density at radius 3 is 2.26 bits per heavy atom. The van der Waals surface area contributed by atoms with Crippen LogP contribution in [0.4, 0.5) is 0 Å². The molecule has 0 saturated heterocycles. The summed E-state index contributed by atoms with van der Waals surface area (Å²) in [6.45, 7) is 9.93. The summed E-state index contributed by atoms with van der Waals surface area (Å²) in [7, 11) is 1.79. The van der Waals surface area contributed by atoms with Crippen molar-refractivity contribution < 1.29 is 14.3 Å². The van der Waals surface area contributed by atoms with E-state index in [4.69, 9.17) is 9.47 Å². The van der Waals surface area contributed by atoms with Crippen LogP contribution in [0, 0.1) is 18.3 Å². The van der Waals surface area contributed by atoms with Crippen molar-refractivity contribution >= 4 is 17.3 Å². The van der Waals surface area contributed by atoms with Crippen molar-refractivity contribution in [1.82, 2.24) is 9.78 Å². The number of hydrogen-bond donors (Lipinski definition) is 0. The maximum absolute atomic E-state index is 12.5. The molecule has 0 aliphatic heterocycles. The molecule has 0 fully saturated rings. The zero-order chi connectivity index (χ0) is 24.9. The van der Waals surface area contributed by atoms with Crippen LogP contribution in [0.15, 0.2) is 60.7 Å². The van der Waals surface area contributed by atoms with E-state index in [-0.39, 0.29) is 11.8 Å². The normalized spacial score (nSPS) is 13.0. The highest BCUT2D eigenvalue weighted by Crippen LogP contribution is 2.31. The molecule has 1 heterocycles. The van der Waals surface area contributed by atoms with Gasteiger partial charge < -0.3 is 9.47 Å². The van der Waals surface area contributed by atoms with Crippen LogP contribution in [0.3, 0.4) is 0 Å². The highest BCUT2D eigenvalue weighted by atomic mass is 16.7. The van der Waals surface area contributed by atoms with E-state index < -0.39 is 12.3 Å². The molecule has 1 unspecified atom stereocenters. The van der Waals surface area contributed by atoms with Crippen LogP contribution >= 0.6 is 0 Å². The van der Waals surface area contributed by atoms with E-state index in [2.05, 4.69) is 31.9 Å². The van der Waals surface area contributed by atoms with Crippen molar-refractivity contribution in [2.45, 2.75) is 52.7 Å². The van der Waals surface area contributed by atoms with Gasteiger partial charge in [0.1, 0.15) is 17.3 Å². The molecular weight excluding hydrogens is 426 g/mol. The monoisotopic (exact) mass is 457 g/mol. The largest absolute Gasteiger partial charge is 0.451 e. The van der Waals surface area contributed by atoms with Gasteiger partial charge in [0.2, 0.25) is 6.29 Å². The topological polar surface area (TPSA) is 77.1 Å². The Labute approximate surface area is 201 Å². The van der Waals surface area contributed by atoms with Crippen LogP contribution in [-0.2, 0) is 33.2 Å². The lowest BCUT2D eigenvalue weighted by Gasteiger charge is -2.21. The molecule has 0 aliphatic rings. The third-order valence-corrected chi connectivity index (χ3v) is 5.39. The molecule has 0 N–H and O–H groups in total. The highest BCUT2D eigenvalue weighted by Gasteiger charge is 2.22. The molecule has 1 atom stereocenters. The first kappa shape index (κ1) is 24.8. The Kier molecular flexibility index (Phi) is 7.57. The minimum absolute atomic E-state index is 0.00496. The zero-order valence-corrected chi connectivity index (χ0v) is 20.6. The van der Waals surface area contributed by atoms with Crippen LogP contribution in [0.25, 0.3) is 11.3 Å². The predicted molar refractivity (Wildman–Crippen MR) is 132 cm³/mol. The molecule has 176 valence electrons. The zero-order valence-electron chi connectivity index (χ0n) is 20.6. The van der Waals surface area contributed by atoms with Crippen LogP contribution in [-0.4, -0.2) is 22.0 Å². The Morgan fingerprint density at radius 1 is 1.09 bits per heavy atom. The third kappa shape index (κ3) is 6.14. The van der Waals surface area contributed by atoms with Crippen molar-refractivity contribution in [3.8, 4) is 6.07 Å². The molecule has 3 rings (SSSR count). The van der Waals surface area contributed by atoms with E-state index in [0.29, 0.717) is 22.6 Å². The van der Waals surface area contributed by atoms with Gasteiger partial charge in [-0.3, -0.25) is 9.48 Å². The summed E-state index contributed by atoms with van der Waals surface area (Å²) in [6, 6.07) is 21.4. The molecule has 34 heavy (non-hydrogen) atoms. The smallest absolute Gasteiger partial charge is 0.313 e. The van der Waals surface area contributed by atoms with E-state index in [1.807, 2.05) is 67.6 Å². The maximum atomic E-state index is 12.5. The first-order valence-electron chi connectivity index (χ1n) is 11.2. The van der Waals surface area contributed by atoms with Crippen molar-refractivity contribution in [2.75, 3.05) is 0 Å². The molecule has 2 aromatic carbocycles. The van der Waals surface area contributed by atoms with Gasteiger partial charge in [-0.05, 0) is 35.1 Å². The average molecular weight is 458 g/mol. The SMILES string of the molecule is Cc1cc(/C(OC(C)OC(=O)Cc2ccccc2)=C(\C#N)c2ccc(C(C)(C)C)cc2)n(C)n1. The number of carbonyl (C=O) groups is 1. The molecule has 6 nitrogen and oxygen atoms in total. The lowest BCUT2D eigenvalue weighted by Crippen LogP contribution is -2.20. The molecule has 1 aromatic heterocycles. The van der Waals surface area contributed by atoms with Gasteiger partial charge in [0.25, 0.3) is 0 Å². The fourth-order valence-electron chi connectivity index (χ4n) is 3.63. The summed E-state index contributed by atoms with van der Waals surface area (Å²) >= 11 is 0. The Morgan fingerprint density at radius 2 is 1.74 bits per heavy atom. The number of aromatic nitrogens is 2. The lowest BCUT2D eigenvalue weighted by atomic mass is 9.86. The molecule has 0 radical (unpaired) electrons. The standard InChI is InChI=1S/C28H31N3O3/c1-19-16-25(31(6)30-19)27(24(18-29)22-12-14-23(15-13-22)28(3,4)5)34-20(2)33-26(32)17-21-10-8-7-9-11-21/h7-16,20H,17H2,1-6H3/b27-24-. The van der Waals surface area contributed by atoms with E-state index in [0.717, 1.165) is 16.8 Å². The Hall–Kier alpha value is -3.85. The maximum Gasteiger partial charge on any atom is 0.313 e. The first-order chi connectivity index (χ1) is 16.1. The Balaban J connectivity index is 1.93. The number of ether oxygens (including phenoxy) is 2. The summed E-state index contributed by atoms with van der Waals surface area (Å²) in [6.07, 6.45) is -0.767. The fourth-order valence-corrected chi connectivity index (χ4v) is 3.63. The fraction of sp³-hybridized carbons (Fsp3) is 0.321. The molecule has 6 heteroatoms. The van der Waals surface area contributed by atoms with Gasteiger partial charge in [-0.1, -0.05) is 75.4 Å². The van der Waals surface area contributed by atoms with E-state index in [9.17, 15) is 10.1 Å². The summed E-state index contributed by atoms with van der Waals surface area (Å²) in [5.74, 6) is -0.0959. The van der Waals surface area contributed by atoms with Crippen molar-refractivity contribution in [3.63, 3.8) is 0 Å². The molecule has 0 saturated carbocycles. The van der Waals surface area contributed by atoms with Crippen LogP contribution < -0.4 is 0 Å². The number of hydrogen-bond acceptors (Lipinski definition) is 5. The number of nitrogens with zero attached hydrogens (tertiary/aromatic N) is 3. The molecule has 0 bridgehead atoms.